The third kappa shape index (κ3) is 4.22. The molecule has 1 heterocycles. The molecule has 1 aliphatic rings. The van der Waals surface area contributed by atoms with Gasteiger partial charge in [0, 0.05) is 19.0 Å². The van der Waals surface area contributed by atoms with Crippen LogP contribution in [0, 0.1) is 0 Å². The van der Waals surface area contributed by atoms with Crippen LogP contribution >= 0.6 is 12.4 Å². The Morgan fingerprint density at radius 3 is 2.63 bits per heavy atom. The van der Waals surface area contributed by atoms with E-state index in [0.29, 0.717) is 19.4 Å². The minimum atomic E-state index is -0.663. The molecule has 1 aliphatic heterocycles. The predicted octanol–water partition coefficient (Wildman–Crippen LogP) is 0.503. The summed E-state index contributed by atoms with van der Waals surface area (Å²) in [4.78, 5) is 22.9. The first-order valence-electron chi connectivity index (χ1n) is 6.04. The van der Waals surface area contributed by atoms with Gasteiger partial charge in [-0.2, -0.15) is 0 Å². The van der Waals surface area contributed by atoms with Gasteiger partial charge in [-0.15, -0.1) is 12.4 Å². The number of nitrogens with two attached hydrogens (primary N) is 1. The zero-order valence-electron chi connectivity index (χ0n) is 10.5. The molecule has 2 atom stereocenters. The molecule has 2 rings (SSSR count). The summed E-state index contributed by atoms with van der Waals surface area (Å²) in [5.41, 5.74) is 6.67. The second kappa shape index (κ2) is 7.11. The van der Waals surface area contributed by atoms with Gasteiger partial charge < -0.3 is 16.4 Å². The average Bonchev–Trinajstić information content (AvgIpc) is 2.41. The number of carbonyl (C=O) groups excluding carboxylic acids is 2. The summed E-state index contributed by atoms with van der Waals surface area (Å²) in [6, 6.07) is 8.55. The largest absolute Gasteiger partial charge is 0.354 e. The van der Waals surface area contributed by atoms with Gasteiger partial charge in [0.2, 0.25) is 11.8 Å². The molecule has 6 heteroatoms. The summed E-state index contributed by atoms with van der Waals surface area (Å²) in [6.07, 6.45) is 1.12. The minimum Gasteiger partial charge on any atom is -0.354 e. The molecule has 19 heavy (non-hydrogen) atoms. The van der Waals surface area contributed by atoms with Gasteiger partial charge in [-0.3, -0.25) is 9.59 Å². The van der Waals surface area contributed by atoms with Gasteiger partial charge in [-0.1, -0.05) is 30.3 Å². The van der Waals surface area contributed by atoms with E-state index in [0.717, 1.165) is 5.56 Å². The van der Waals surface area contributed by atoms with Crippen LogP contribution in [-0.4, -0.2) is 24.4 Å². The number of hydrogen-bond acceptors (Lipinski definition) is 3. The highest BCUT2D eigenvalue weighted by Gasteiger charge is 2.22. The van der Waals surface area contributed by atoms with Gasteiger partial charge in [-0.05, 0) is 12.0 Å². The lowest BCUT2D eigenvalue weighted by Gasteiger charge is -2.25. The van der Waals surface area contributed by atoms with Crippen molar-refractivity contribution in [3.63, 3.8) is 0 Å². The van der Waals surface area contributed by atoms with Gasteiger partial charge >= 0.3 is 0 Å². The predicted molar refractivity (Wildman–Crippen MR) is 74.8 cm³/mol. The lowest BCUT2D eigenvalue weighted by Crippen LogP contribution is -2.49. The van der Waals surface area contributed by atoms with Crippen LogP contribution in [-0.2, 0) is 9.59 Å². The topological polar surface area (TPSA) is 84.2 Å². The van der Waals surface area contributed by atoms with E-state index in [1.54, 1.807) is 0 Å². The standard InChI is InChI=1S/C13H17N3O2.ClH/c14-12(9-4-2-1-3-5-9)13(18)16-10-6-7-11(17)15-8-10;/h1-5,10,12H,6-8,14H2,(H,15,17)(H,16,18);1H. The van der Waals surface area contributed by atoms with Crippen molar-refractivity contribution in [2.24, 2.45) is 5.73 Å². The van der Waals surface area contributed by atoms with Crippen molar-refractivity contribution in [1.29, 1.82) is 0 Å². The van der Waals surface area contributed by atoms with E-state index in [1.807, 2.05) is 30.3 Å². The van der Waals surface area contributed by atoms with Gasteiger partial charge in [-0.25, -0.2) is 0 Å². The maximum atomic E-state index is 11.9. The van der Waals surface area contributed by atoms with Crippen molar-refractivity contribution < 1.29 is 9.59 Å². The monoisotopic (exact) mass is 283 g/mol. The first-order valence-corrected chi connectivity index (χ1v) is 6.04. The van der Waals surface area contributed by atoms with Crippen LogP contribution in [0.25, 0.3) is 0 Å². The molecule has 2 amide bonds. The molecule has 0 saturated carbocycles. The smallest absolute Gasteiger partial charge is 0.241 e. The zero-order chi connectivity index (χ0) is 13.0. The Labute approximate surface area is 118 Å². The fourth-order valence-electron chi connectivity index (χ4n) is 1.96. The van der Waals surface area contributed by atoms with Crippen LogP contribution in [0.4, 0.5) is 0 Å². The molecule has 1 fully saturated rings. The number of benzene rings is 1. The van der Waals surface area contributed by atoms with Gasteiger partial charge in [0.25, 0.3) is 0 Å². The van der Waals surface area contributed by atoms with Crippen LogP contribution in [0.5, 0.6) is 0 Å². The Morgan fingerprint density at radius 2 is 2.05 bits per heavy atom. The van der Waals surface area contributed by atoms with Crippen molar-refractivity contribution in [1.82, 2.24) is 10.6 Å². The second-order valence-electron chi connectivity index (χ2n) is 4.44. The number of piperidine rings is 1. The summed E-state index contributed by atoms with van der Waals surface area (Å²) in [7, 11) is 0. The van der Waals surface area contributed by atoms with Crippen molar-refractivity contribution in [2.45, 2.75) is 24.9 Å². The molecule has 1 aromatic rings. The first-order chi connectivity index (χ1) is 8.66. The van der Waals surface area contributed by atoms with Crippen LogP contribution in [0.3, 0.4) is 0 Å². The number of rotatable bonds is 3. The normalized spacial score (nSPS) is 19.8. The molecule has 0 aliphatic carbocycles. The van der Waals surface area contributed by atoms with E-state index in [1.165, 1.54) is 0 Å². The molecule has 0 aromatic heterocycles. The fraction of sp³-hybridized carbons (Fsp3) is 0.385. The SMILES string of the molecule is Cl.NC(C(=O)NC1CCC(=O)NC1)c1ccccc1. The second-order valence-corrected chi connectivity index (χ2v) is 4.44. The molecule has 5 nitrogen and oxygen atoms in total. The van der Waals surface area contributed by atoms with Gasteiger partial charge in [0.1, 0.15) is 6.04 Å². The van der Waals surface area contributed by atoms with Crippen LogP contribution in [0.15, 0.2) is 30.3 Å². The highest BCUT2D eigenvalue weighted by molar-refractivity contribution is 5.85. The highest BCUT2D eigenvalue weighted by Crippen LogP contribution is 2.11. The molecule has 1 saturated heterocycles. The molecule has 1 aromatic carbocycles. The minimum absolute atomic E-state index is 0. The molecule has 0 radical (unpaired) electrons. The quantitative estimate of drug-likeness (QED) is 0.755. The first kappa shape index (κ1) is 15.5. The van der Waals surface area contributed by atoms with Crippen molar-refractivity contribution >= 4 is 24.2 Å². The lowest BCUT2D eigenvalue weighted by atomic mass is 10.0. The van der Waals surface area contributed by atoms with E-state index in [4.69, 9.17) is 5.73 Å². The van der Waals surface area contributed by atoms with Gasteiger partial charge in [0.15, 0.2) is 0 Å². The van der Waals surface area contributed by atoms with E-state index in [9.17, 15) is 9.59 Å². The molecule has 104 valence electrons. The Kier molecular flexibility index (Phi) is 5.79. The maximum Gasteiger partial charge on any atom is 0.241 e. The zero-order valence-corrected chi connectivity index (χ0v) is 11.3. The van der Waals surface area contributed by atoms with Crippen LogP contribution < -0.4 is 16.4 Å². The Balaban J connectivity index is 0.00000180. The number of hydrogen-bond donors (Lipinski definition) is 3. The van der Waals surface area contributed by atoms with Crippen LogP contribution in [0.1, 0.15) is 24.4 Å². The Hall–Kier alpha value is -1.59. The van der Waals surface area contributed by atoms with Crippen molar-refractivity contribution in [2.75, 3.05) is 6.54 Å². The van der Waals surface area contributed by atoms with E-state index in [-0.39, 0.29) is 30.3 Å². The molecule has 4 N–H and O–H groups in total. The highest BCUT2D eigenvalue weighted by atomic mass is 35.5. The number of nitrogens with one attached hydrogen (secondary N) is 2. The van der Waals surface area contributed by atoms with Crippen molar-refractivity contribution in [3.8, 4) is 0 Å². The van der Waals surface area contributed by atoms with E-state index >= 15 is 0 Å². The lowest BCUT2D eigenvalue weighted by molar-refractivity contribution is -0.126. The summed E-state index contributed by atoms with van der Waals surface area (Å²) < 4.78 is 0. The summed E-state index contributed by atoms with van der Waals surface area (Å²) in [5.74, 6) is -0.171. The molecule has 0 spiro atoms. The maximum absolute atomic E-state index is 11.9. The number of amides is 2. The fourth-order valence-corrected chi connectivity index (χ4v) is 1.96. The number of carbonyl (C=O) groups is 2. The van der Waals surface area contributed by atoms with Crippen LogP contribution in [0.2, 0.25) is 0 Å². The summed E-state index contributed by atoms with van der Waals surface area (Å²) >= 11 is 0. The Bertz CT molecular complexity index is 429. The number of halogens is 1. The van der Waals surface area contributed by atoms with E-state index in [2.05, 4.69) is 10.6 Å². The molecular weight excluding hydrogens is 266 g/mol. The van der Waals surface area contributed by atoms with Gasteiger partial charge in [0.05, 0.1) is 0 Å². The summed E-state index contributed by atoms with van der Waals surface area (Å²) in [5, 5.41) is 5.58. The molecule has 0 bridgehead atoms. The Morgan fingerprint density at radius 1 is 1.37 bits per heavy atom. The third-order valence-electron chi connectivity index (χ3n) is 3.05. The average molecular weight is 284 g/mol. The summed E-state index contributed by atoms with van der Waals surface area (Å²) in [6.45, 7) is 0.478. The van der Waals surface area contributed by atoms with E-state index < -0.39 is 6.04 Å². The molecular formula is C13H18ClN3O2. The third-order valence-corrected chi connectivity index (χ3v) is 3.05. The van der Waals surface area contributed by atoms with Crippen molar-refractivity contribution in [3.05, 3.63) is 35.9 Å². The molecule has 2 unspecified atom stereocenters.